The Hall–Kier alpha value is -0.870. The third kappa shape index (κ3) is 2.82. The van der Waals surface area contributed by atoms with Crippen molar-refractivity contribution < 1.29 is 9.53 Å². The third-order valence-electron chi connectivity index (χ3n) is 1.93. The van der Waals surface area contributed by atoms with Crippen LogP contribution >= 0.6 is 11.3 Å². The SMILES string of the molecule is CCOC(=O)C[C@@H](N)c1sccc1C. The van der Waals surface area contributed by atoms with Gasteiger partial charge in [0.15, 0.2) is 0 Å². The summed E-state index contributed by atoms with van der Waals surface area (Å²) in [6, 6.07) is 1.78. The highest BCUT2D eigenvalue weighted by molar-refractivity contribution is 7.10. The Kier molecular flexibility index (Phi) is 4.10. The summed E-state index contributed by atoms with van der Waals surface area (Å²) in [6.45, 7) is 4.20. The Morgan fingerprint density at radius 2 is 2.43 bits per heavy atom. The van der Waals surface area contributed by atoms with E-state index in [1.165, 1.54) is 0 Å². The molecule has 3 nitrogen and oxygen atoms in total. The zero-order chi connectivity index (χ0) is 10.6. The van der Waals surface area contributed by atoms with Crippen LogP contribution in [0, 0.1) is 6.92 Å². The molecule has 0 aliphatic heterocycles. The first-order valence-electron chi connectivity index (χ1n) is 4.60. The molecule has 0 aliphatic carbocycles. The number of rotatable bonds is 4. The van der Waals surface area contributed by atoms with Gasteiger partial charge < -0.3 is 10.5 Å². The number of esters is 1. The van der Waals surface area contributed by atoms with Crippen molar-refractivity contribution in [3.63, 3.8) is 0 Å². The van der Waals surface area contributed by atoms with Gasteiger partial charge in [0.25, 0.3) is 0 Å². The van der Waals surface area contributed by atoms with Gasteiger partial charge in [-0.1, -0.05) is 0 Å². The monoisotopic (exact) mass is 213 g/mol. The zero-order valence-corrected chi connectivity index (χ0v) is 9.26. The molecule has 0 aromatic carbocycles. The van der Waals surface area contributed by atoms with E-state index in [2.05, 4.69) is 0 Å². The molecule has 0 amide bonds. The first kappa shape index (κ1) is 11.2. The van der Waals surface area contributed by atoms with Gasteiger partial charge in [0.2, 0.25) is 0 Å². The maximum absolute atomic E-state index is 11.2. The largest absolute Gasteiger partial charge is 0.466 e. The molecule has 0 unspecified atom stereocenters. The minimum Gasteiger partial charge on any atom is -0.466 e. The number of carbonyl (C=O) groups is 1. The molecule has 1 aromatic rings. The lowest BCUT2D eigenvalue weighted by molar-refractivity contribution is -0.143. The molecule has 0 saturated carbocycles. The summed E-state index contributed by atoms with van der Waals surface area (Å²) in [4.78, 5) is 12.2. The van der Waals surface area contributed by atoms with Crippen LogP contribution in [0.1, 0.15) is 29.8 Å². The van der Waals surface area contributed by atoms with Crippen molar-refractivity contribution in [3.05, 3.63) is 21.9 Å². The predicted molar refractivity (Wildman–Crippen MR) is 57.2 cm³/mol. The zero-order valence-electron chi connectivity index (χ0n) is 8.45. The number of nitrogens with two attached hydrogens (primary N) is 1. The van der Waals surface area contributed by atoms with E-state index in [4.69, 9.17) is 10.5 Å². The minimum atomic E-state index is -0.229. The smallest absolute Gasteiger partial charge is 0.307 e. The fourth-order valence-corrected chi connectivity index (χ4v) is 2.19. The van der Waals surface area contributed by atoms with Gasteiger partial charge in [0.05, 0.1) is 13.0 Å². The molecular formula is C10H15NO2S. The van der Waals surface area contributed by atoms with Gasteiger partial charge in [-0.05, 0) is 30.9 Å². The highest BCUT2D eigenvalue weighted by Gasteiger charge is 2.15. The fraction of sp³-hybridized carbons (Fsp3) is 0.500. The molecule has 1 heterocycles. The van der Waals surface area contributed by atoms with Crippen LogP contribution in [-0.4, -0.2) is 12.6 Å². The molecule has 0 spiro atoms. The highest BCUT2D eigenvalue weighted by atomic mass is 32.1. The Labute approximate surface area is 87.9 Å². The summed E-state index contributed by atoms with van der Waals surface area (Å²) in [7, 11) is 0. The lowest BCUT2D eigenvalue weighted by Gasteiger charge is -2.09. The number of hydrogen-bond donors (Lipinski definition) is 1. The van der Waals surface area contributed by atoms with E-state index in [0.717, 1.165) is 10.4 Å². The molecule has 2 N–H and O–H groups in total. The Morgan fingerprint density at radius 1 is 1.71 bits per heavy atom. The van der Waals surface area contributed by atoms with E-state index >= 15 is 0 Å². The molecule has 4 heteroatoms. The Bertz CT molecular complexity index is 309. The molecule has 78 valence electrons. The first-order valence-corrected chi connectivity index (χ1v) is 5.48. The Morgan fingerprint density at radius 3 is 2.93 bits per heavy atom. The van der Waals surface area contributed by atoms with Gasteiger partial charge in [-0.3, -0.25) is 4.79 Å². The van der Waals surface area contributed by atoms with E-state index in [1.807, 2.05) is 18.4 Å². The normalized spacial score (nSPS) is 12.5. The number of carbonyl (C=O) groups excluding carboxylic acids is 1. The van der Waals surface area contributed by atoms with Crippen molar-refractivity contribution in [1.29, 1.82) is 0 Å². The van der Waals surface area contributed by atoms with Crippen LogP contribution in [0.25, 0.3) is 0 Å². The number of thiophene rings is 1. The summed E-state index contributed by atoms with van der Waals surface area (Å²) in [5.41, 5.74) is 7.03. The number of hydrogen-bond acceptors (Lipinski definition) is 4. The van der Waals surface area contributed by atoms with E-state index in [9.17, 15) is 4.79 Å². The van der Waals surface area contributed by atoms with Crippen LogP contribution in [0.4, 0.5) is 0 Å². The maximum atomic E-state index is 11.2. The molecule has 0 radical (unpaired) electrons. The third-order valence-corrected chi connectivity index (χ3v) is 3.08. The number of aryl methyl sites for hydroxylation is 1. The van der Waals surface area contributed by atoms with E-state index < -0.39 is 0 Å². The summed E-state index contributed by atoms with van der Waals surface area (Å²) in [6.07, 6.45) is 0.259. The van der Waals surface area contributed by atoms with Crippen molar-refractivity contribution in [2.24, 2.45) is 5.73 Å². The van der Waals surface area contributed by atoms with Gasteiger partial charge in [-0.15, -0.1) is 11.3 Å². The van der Waals surface area contributed by atoms with Crippen LogP contribution < -0.4 is 5.73 Å². The molecule has 1 rings (SSSR count). The summed E-state index contributed by atoms with van der Waals surface area (Å²) in [5.74, 6) is -0.229. The molecule has 14 heavy (non-hydrogen) atoms. The standard InChI is InChI=1S/C10H15NO2S/c1-3-13-9(12)6-8(11)10-7(2)4-5-14-10/h4-5,8H,3,6,11H2,1-2H3/t8-/m1/s1. The highest BCUT2D eigenvalue weighted by Crippen LogP contribution is 2.24. The fourth-order valence-electron chi connectivity index (χ4n) is 1.26. The summed E-state index contributed by atoms with van der Waals surface area (Å²) in [5, 5.41) is 1.98. The van der Waals surface area contributed by atoms with Crippen molar-refractivity contribution in [3.8, 4) is 0 Å². The molecule has 0 bridgehead atoms. The summed E-state index contributed by atoms with van der Waals surface area (Å²) < 4.78 is 4.84. The molecule has 0 saturated heterocycles. The lowest BCUT2D eigenvalue weighted by atomic mass is 10.1. The first-order chi connectivity index (χ1) is 6.65. The van der Waals surface area contributed by atoms with Crippen LogP contribution in [0.5, 0.6) is 0 Å². The number of ether oxygens (including phenoxy) is 1. The molecule has 0 fully saturated rings. The molecular weight excluding hydrogens is 198 g/mol. The van der Waals surface area contributed by atoms with Gasteiger partial charge in [0.1, 0.15) is 0 Å². The second kappa shape index (κ2) is 5.12. The van der Waals surface area contributed by atoms with Crippen molar-refractivity contribution in [2.75, 3.05) is 6.61 Å². The van der Waals surface area contributed by atoms with E-state index in [-0.39, 0.29) is 18.4 Å². The van der Waals surface area contributed by atoms with Crippen LogP contribution in [0.15, 0.2) is 11.4 Å². The lowest BCUT2D eigenvalue weighted by Crippen LogP contribution is -2.16. The van der Waals surface area contributed by atoms with Crippen molar-refractivity contribution >= 4 is 17.3 Å². The van der Waals surface area contributed by atoms with Gasteiger partial charge in [0, 0.05) is 10.9 Å². The summed E-state index contributed by atoms with van der Waals surface area (Å²) >= 11 is 1.58. The Balaban J connectivity index is 2.54. The quantitative estimate of drug-likeness (QED) is 0.778. The minimum absolute atomic E-state index is 0.228. The van der Waals surface area contributed by atoms with E-state index in [1.54, 1.807) is 18.3 Å². The van der Waals surface area contributed by atoms with Gasteiger partial charge in [-0.2, -0.15) is 0 Å². The van der Waals surface area contributed by atoms with Gasteiger partial charge >= 0.3 is 5.97 Å². The van der Waals surface area contributed by atoms with Crippen molar-refractivity contribution in [2.45, 2.75) is 26.3 Å². The second-order valence-electron chi connectivity index (χ2n) is 3.08. The second-order valence-corrected chi connectivity index (χ2v) is 4.03. The van der Waals surface area contributed by atoms with Gasteiger partial charge in [-0.25, -0.2) is 0 Å². The predicted octanol–water partition coefficient (Wildman–Crippen LogP) is 2.01. The molecule has 0 aliphatic rings. The maximum Gasteiger partial charge on any atom is 0.307 e. The van der Waals surface area contributed by atoms with E-state index in [0.29, 0.717) is 6.61 Å². The average molecular weight is 213 g/mol. The van der Waals surface area contributed by atoms with Crippen LogP contribution in [0.2, 0.25) is 0 Å². The van der Waals surface area contributed by atoms with Crippen molar-refractivity contribution in [1.82, 2.24) is 0 Å². The van der Waals surface area contributed by atoms with Crippen LogP contribution in [0.3, 0.4) is 0 Å². The molecule has 1 aromatic heterocycles. The molecule has 1 atom stereocenters. The van der Waals surface area contributed by atoms with Crippen LogP contribution in [-0.2, 0) is 9.53 Å². The topological polar surface area (TPSA) is 52.3 Å². The average Bonchev–Trinajstić information content (AvgIpc) is 2.51.